The molecule has 0 atom stereocenters. The fourth-order valence-electron chi connectivity index (χ4n) is 4.88. The predicted octanol–water partition coefficient (Wildman–Crippen LogP) is 10.4. The van der Waals surface area contributed by atoms with E-state index in [1.807, 2.05) is 0 Å². The third-order valence-electron chi connectivity index (χ3n) is 7.12. The summed E-state index contributed by atoms with van der Waals surface area (Å²) in [6.07, 6.45) is 0. The van der Waals surface area contributed by atoms with E-state index in [4.69, 9.17) is 0 Å². The minimum atomic E-state index is 1.33. The Morgan fingerprint density at radius 1 is 0.333 bits per heavy atom. The first-order chi connectivity index (χ1) is 17.3. The molecule has 0 saturated heterocycles. The van der Waals surface area contributed by atoms with Gasteiger partial charge in [0.15, 0.2) is 0 Å². The third kappa shape index (κ3) is 5.66. The Morgan fingerprint density at radius 2 is 0.778 bits per heavy atom. The van der Waals surface area contributed by atoms with Crippen LogP contribution in [0.1, 0.15) is 33.4 Å². The molecule has 6 aromatic rings. The lowest BCUT2D eigenvalue weighted by Crippen LogP contribution is -1.86. The summed E-state index contributed by atoms with van der Waals surface area (Å²) in [5.74, 6) is 0. The Morgan fingerprint density at radius 3 is 1.31 bits per heavy atom. The van der Waals surface area contributed by atoms with Crippen LogP contribution in [-0.2, 0) is 0 Å². The van der Waals surface area contributed by atoms with Gasteiger partial charge < -0.3 is 0 Å². The van der Waals surface area contributed by atoms with Crippen molar-refractivity contribution >= 4 is 32.3 Å². The molecule has 0 spiro atoms. The Kier molecular flexibility index (Phi) is 7.86. The van der Waals surface area contributed by atoms with Gasteiger partial charge in [-0.25, -0.2) is 0 Å². The van der Waals surface area contributed by atoms with Crippen LogP contribution in [0, 0.1) is 41.5 Å². The highest BCUT2D eigenvalue weighted by atomic mass is 14.1. The van der Waals surface area contributed by atoms with Crippen LogP contribution in [0.5, 0.6) is 0 Å². The van der Waals surface area contributed by atoms with Crippen LogP contribution < -0.4 is 0 Å². The van der Waals surface area contributed by atoms with E-state index in [-0.39, 0.29) is 0 Å². The van der Waals surface area contributed by atoms with Gasteiger partial charge in [0.25, 0.3) is 0 Å². The first kappa shape index (κ1) is 25.2. The molecule has 0 heteroatoms. The van der Waals surface area contributed by atoms with Crippen molar-refractivity contribution in [2.45, 2.75) is 41.5 Å². The first-order valence-corrected chi connectivity index (χ1v) is 12.7. The molecule has 0 heterocycles. The van der Waals surface area contributed by atoms with Gasteiger partial charge in [0, 0.05) is 0 Å². The van der Waals surface area contributed by atoms with Crippen LogP contribution in [0.2, 0.25) is 0 Å². The number of fused-ring (bicyclic) bond motifs is 3. The van der Waals surface area contributed by atoms with Gasteiger partial charge in [-0.1, -0.05) is 109 Å². The Hall–Kier alpha value is -3.90. The maximum Gasteiger partial charge on any atom is -0.0148 e. The van der Waals surface area contributed by atoms with Crippen molar-refractivity contribution in [2.24, 2.45) is 0 Å². The number of rotatable bonds is 0. The minimum Gasteiger partial charge on any atom is -0.0616 e. The molecule has 0 radical (unpaired) electrons. The first-order valence-electron chi connectivity index (χ1n) is 12.7. The summed E-state index contributed by atoms with van der Waals surface area (Å²) in [7, 11) is 0. The van der Waals surface area contributed by atoms with Crippen molar-refractivity contribution in [3.8, 4) is 0 Å². The summed E-state index contributed by atoms with van der Waals surface area (Å²) in [5, 5.41) is 8.05. The van der Waals surface area contributed by atoms with Crippen LogP contribution in [-0.4, -0.2) is 0 Å². The molecule has 0 saturated carbocycles. The minimum absolute atomic E-state index is 1.33. The monoisotopic (exact) mass is 468 g/mol. The highest BCUT2D eigenvalue weighted by Crippen LogP contribution is 2.27. The van der Waals surface area contributed by atoms with E-state index < -0.39 is 0 Å². The number of aryl methyl sites for hydroxylation is 5. The highest BCUT2D eigenvalue weighted by Gasteiger charge is 2.01. The maximum atomic E-state index is 2.26. The summed E-state index contributed by atoms with van der Waals surface area (Å²) < 4.78 is 0. The molecule has 180 valence electrons. The molecular formula is C36H36. The molecule has 0 aliphatic rings. The Balaban J connectivity index is 0.000000131. The van der Waals surface area contributed by atoms with E-state index >= 15 is 0 Å². The summed E-state index contributed by atoms with van der Waals surface area (Å²) in [6.45, 7) is 13.0. The van der Waals surface area contributed by atoms with E-state index in [1.54, 1.807) is 0 Å². The van der Waals surface area contributed by atoms with E-state index in [0.29, 0.717) is 0 Å². The molecule has 0 aromatic heterocycles. The van der Waals surface area contributed by atoms with E-state index in [0.717, 1.165) is 0 Å². The third-order valence-corrected chi connectivity index (χ3v) is 7.12. The van der Waals surface area contributed by atoms with Crippen LogP contribution in [0.3, 0.4) is 0 Å². The quantitative estimate of drug-likeness (QED) is 0.194. The smallest absolute Gasteiger partial charge is 0.0148 e. The molecule has 36 heavy (non-hydrogen) atoms. The number of hydrogen-bond acceptors (Lipinski definition) is 0. The van der Waals surface area contributed by atoms with E-state index in [2.05, 4.69) is 151 Å². The second-order valence-corrected chi connectivity index (χ2v) is 9.76. The van der Waals surface area contributed by atoms with Crippen molar-refractivity contribution in [1.29, 1.82) is 0 Å². The Labute approximate surface area is 216 Å². The second-order valence-electron chi connectivity index (χ2n) is 9.76. The second kappa shape index (κ2) is 11.2. The summed E-state index contributed by atoms with van der Waals surface area (Å²) >= 11 is 0. The van der Waals surface area contributed by atoms with Gasteiger partial charge in [0.2, 0.25) is 0 Å². The largest absolute Gasteiger partial charge is 0.0616 e. The van der Waals surface area contributed by atoms with Crippen molar-refractivity contribution in [1.82, 2.24) is 0 Å². The van der Waals surface area contributed by atoms with Crippen molar-refractivity contribution in [3.05, 3.63) is 143 Å². The Bertz CT molecular complexity index is 1550. The van der Waals surface area contributed by atoms with Crippen molar-refractivity contribution in [3.63, 3.8) is 0 Å². The standard InChI is InChI=1S/C15H12.C11H10.C10H14/c1-11-14-8-4-2-6-12(14)10-13-7-3-5-9-15(11)13;1-9-5-4-7-10-6-2-3-8-11(9)10;1-7-5-8(2)10(4)9(3)6-7/h2-10H,1H3;2-8H,1H3;5-6H,1-4H3. The number of hydrogen-bond donors (Lipinski definition) is 0. The lowest BCUT2D eigenvalue weighted by Gasteiger charge is -2.06. The van der Waals surface area contributed by atoms with Crippen molar-refractivity contribution < 1.29 is 0 Å². The summed E-state index contributed by atoms with van der Waals surface area (Å²) in [5.41, 5.74) is 8.31. The molecule has 0 N–H and O–H groups in total. The molecular weight excluding hydrogens is 432 g/mol. The topological polar surface area (TPSA) is 0 Å². The fraction of sp³-hybridized carbons (Fsp3) is 0.167. The van der Waals surface area contributed by atoms with Gasteiger partial charge >= 0.3 is 0 Å². The van der Waals surface area contributed by atoms with Gasteiger partial charge in [-0.05, 0) is 108 Å². The highest BCUT2D eigenvalue weighted by molar-refractivity contribution is 6.01. The average molecular weight is 469 g/mol. The normalized spacial score (nSPS) is 10.5. The molecule has 0 aliphatic heterocycles. The zero-order chi connectivity index (χ0) is 25.7. The van der Waals surface area contributed by atoms with Crippen LogP contribution >= 0.6 is 0 Å². The molecule has 0 nitrogen and oxygen atoms in total. The molecule has 0 unspecified atom stereocenters. The van der Waals surface area contributed by atoms with Crippen LogP contribution in [0.4, 0.5) is 0 Å². The average Bonchev–Trinajstić information content (AvgIpc) is 2.89. The predicted molar refractivity (Wildman–Crippen MR) is 160 cm³/mol. The lowest BCUT2D eigenvalue weighted by atomic mass is 9.98. The zero-order valence-electron chi connectivity index (χ0n) is 22.4. The van der Waals surface area contributed by atoms with Gasteiger partial charge in [0.1, 0.15) is 0 Å². The molecule has 6 aromatic carbocycles. The maximum absolute atomic E-state index is 2.26. The van der Waals surface area contributed by atoms with Crippen molar-refractivity contribution in [2.75, 3.05) is 0 Å². The van der Waals surface area contributed by atoms with Gasteiger partial charge in [0.05, 0.1) is 0 Å². The van der Waals surface area contributed by atoms with Gasteiger partial charge in [-0.2, -0.15) is 0 Å². The molecule has 0 fully saturated rings. The van der Waals surface area contributed by atoms with E-state index in [9.17, 15) is 0 Å². The SMILES string of the molecule is Cc1c2ccccc2cc2ccccc12.Cc1cc(C)c(C)c(C)c1.Cc1cccc2ccccc12. The molecule has 0 bridgehead atoms. The summed E-state index contributed by atoms with van der Waals surface area (Å²) in [4.78, 5) is 0. The fourth-order valence-corrected chi connectivity index (χ4v) is 4.88. The van der Waals surface area contributed by atoms with Crippen LogP contribution in [0.25, 0.3) is 32.3 Å². The number of benzene rings is 6. The van der Waals surface area contributed by atoms with E-state index in [1.165, 1.54) is 65.7 Å². The van der Waals surface area contributed by atoms with Crippen LogP contribution in [0.15, 0.2) is 109 Å². The van der Waals surface area contributed by atoms with Gasteiger partial charge in [-0.3, -0.25) is 0 Å². The molecule has 6 rings (SSSR count). The molecule has 0 aliphatic carbocycles. The summed E-state index contributed by atoms with van der Waals surface area (Å²) in [6, 6.07) is 38.7. The lowest BCUT2D eigenvalue weighted by molar-refractivity contribution is 1.23. The molecule has 0 amide bonds. The van der Waals surface area contributed by atoms with Gasteiger partial charge in [-0.15, -0.1) is 0 Å². The zero-order valence-corrected chi connectivity index (χ0v) is 22.4.